The average molecular weight is 438 g/mol. The number of hydrogen-bond acceptors (Lipinski definition) is 5. The van der Waals surface area contributed by atoms with E-state index in [9.17, 15) is 0 Å². The van der Waals surface area contributed by atoms with E-state index in [0.717, 1.165) is 36.7 Å². The fourth-order valence-corrected chi connectivity index (χ4v) is 3.30. The van der Waals surface area contributed by atoms with E-state index in [1.165, 1.54) is 5.56 Å². The normalized spacial score (nSPS) is 11.2. The standard InChI is InChI=1S/C25H31N3O4/c1-29-22-16-20(17-23(30-2)24(22)31-3)18-28-25(27-14-12-21-10-7-15-32-21)26-13-11-19-8-5-4-6-9-19/h4-10,15-17H,11-14,18H2,1-3H3,(H2,26,27,28). The van der Waals surface area contributed by atoms with Crippen LogP contribution in [-0.4, -0.2) is 40.4 Å². The molecule has 0 spiro atoms. The second-order valence-corrected chi connectivity index (χ2v) is 7.12. The first-order valence-electron chi connectivity index (χ1n) is 10.6. The Balaban J connectivity index is 1.67. The molecule has 0 amide bonds. The highest BCUT2D eigenvalue weighted by Gasteiger charge is 2.13. The first-order chi connectivity index (χ1) is 15.7. The van der Waals surface area contributed by atoms with Gasteiger partial charge in [-0.2, -0.15) is 0 Å². The second-order valence-electron chi connectivity index (χ2n) is 7.12. The number of methoxy groups -OCH3 is 3. The van der Waals surface area contributed by atoms with Crippen LogP contribution in [0.4, 0.5) is 0 Å². The van der Waals surface area contributed by atoms with E-state index in [1.807, 2.05) is 30.3 Å². The molecule has 2 aromatic carbocycles. The van der Waals surface area contributed by atoms with Gasteiger partial charge in [0, 0.05) is 19.5 Å². The minimum atomic E-state index is 0.456. The van der Waals surface area contributed by atoms with Crippen LogP contribution in [0.5, 0.6) is 17.2 Å². The lowest BCUT2D eigenvalue weighted by molar-refractivity contribution is 0.324. The summed E-state index contributed by atoms with van der Waals surface area (Å²) in [5, 5.41) is 6.81. The van der Waals surface area contributed by atoms with Crippen LogP contribution in [0.15, 0.2) is 70.3 Å². The van der Waals surface area contributed by atoms with Crippen LogP contribution in [0.3, 0.4) is 0 Å². The SMILES string of the molecule is COc1cc(CN=C(NCCc2ccccc2)NCCc2ccco2)cc(OC)c1OC. The Morgan fingerprint density at radius 3 is 2.09 bits per heavy atom. The van der Waals surface area contributed by atoms with Crippen LogP contribution < -0.4 is 24.8 Å². The van der Waals surface area contributed by atoms with Gasteiger partial charge in [-0.05, 0) is 41.8 Å². The lowest BCUT2D eigenvalue weighted by Gasteiger charge is -2.15. The molecule has 3 aromatic rings. The number of nitrogens with zero attached hydrogens (tertiary/aromatic N) is 1. The molecule has 0 saturated carbocycles. The summed E-state index contributed by atoms with van der Waals surface area (Å²) in [7, 11) is 4.81. The molecule has 0 atom stereocenters. The van der Waals surface area contributed by atoms with Gasteiger partial charge in [0.25, 0.3) is 0 Å². The molecular weight excluding hydrogens is 406 g/mol. The fraction of sp³-hybridized carbons (Fsp3) is 0.320. The van der Waals surface area contributed by atoms with Crippen molar-refractivity contribution in [2.45, 2.75) is 19.4 Å². The van der Waals surface area contributed by atoms with Crippen LogP contribution in [0.2, 0.25) is 0 Å². The van der Waals surface area contributed by atoms with Crippen molar-refractivity contribution in [1.29, 1.82) is 0 Å². The molecule has 0 aliphatic carbocycles. The van der Waals surface area contributed by atoms with Gasteiger partial charge >= 0.3 is 0 Å². The highest BCUT2D eigenvalue weighted by molar-refractivity contribution is 5.79. The Morgan fingerprint density at radius 1 is 0.812 bits per heavy atom. The van der Waals surface area contributed by atoms with E-state index >= 15 is 0 Å². The van der Waals surface area contributed by atoms with Crippen molar-refractivity contribution in [3.05, 3.63) is 77.7 Å². The molecule has 7 heteroatoms. The summed E-state index contributed by atoms with van der Waals surface area (Å²) >= 11 is 0. The second kappa shape index (κ2) is 12.3. The highest BCUT2D eigenvalue weighted by atomic mass is 16.5. The van der Waals surface area contributed by atoms with Crippen LogP contribution in [0, 0.1) is 0 Å². The van der Waals surface area contributed by atoms with Crippen molar-refractivity contribution < 1.29 is 18.6 Å². The minimum Gasteiger partial charge on any atom is -0.493 e. The predicted molar refractivity (Wildman–Crippen MR) is 126 cm³/mol. The van der Waals surface area contributed by atoms with Gasteiger partial charge in [0.1, 0.15) is 5.76 Å². The van der Waals surface area contributed by atoms with Gasteiger partial charge in [-0.3, -0.25) is 0 Å². The molecule has 170 valence electrons. The molecule has 2 N–H and O–H groups in total. The van der Waals surface area contributed by atoms with Crippen LogP contribution in [0.1, 0.15) is 16.9 Å². The summed E-state index contributed by atoms with van der Waals surface area (Å²) in [6, 6.07) is 18.1. The van der Waals surface area contributed by atoms with Gasteiger partial charge in [0.2, 0.25) is 5.75 Å². The van der Waals surface area contributed by atoms with E-state index in [-0.39, 0.29) is 0 Å². The molecule has 1 heterocycles. The van der Waals surface area contributed by atoms with Crippen molar-refractivity contribution in [3.8, 4) is 17.2 Å². The van der Waals surface area contributed by atoms with E-state index in [0.29, 0.717) is 30.3 Å². The average Bonchev–Trinajstić information content (AvgIpc) is 3.35. The number of benzene rings is 2. The van der Waals surface area contributed by atoms with E-state index in [4.69, 9.17) is 23.6 Å². The van der Waals surface area contributed by atoms with Crippen LogP contribution >= 0.6 is 0 Å². The third kappa shape index (κ3) is 6.70. The zero-order valence-electron chi connectivity index (χ0n) is 18.9. The molecule has 3 rings (SSSR count). The number of nitrogens with one attached hydrogen (secondary N) is 2. The Bertz CT molecular complexity index is 947. The van der Waals surface area contributed by atoms with Gasteiger partial charge in [-0.25, -0.2) is 4.99 Å². The van der Waals surface area contributed by atoms with Gasteiger partial charge in [-0.15, -0.1) is 0 Å². The molecule has 32 heavy (non-hydrogen) atoms. The van der Waals surface area contributed by atoms with Crippen molar-refractivity contribution >= 4 is 5.96 Å². The third-order valence-corrected chi connectivity index (χ3v) is 4.94. The number of rotatable bonds is 11. The molecule has 0 aliphatic heterocycles. The lowest BCUT2D eigenvalue weighted by atomic mass is 10.1. The molecule has 0 unspecified atom stereocenters. The lowest BCUT2D eigenvalue weighted by Crippen LogP contribution is -2.39. The Kier molecular flexibility index (Phi) is 8.86. The highest BCUT2D eigenvalue weighted by Crippen LogP contribution is 2.38. The van der Waals surface area contributed by atoms with Gasteiger partial charge in [0.05, 0.1) is 34.1 Å². The van der Waals surface area contributed by atoms with Gasteiger partial charge in [-0.1, -0.05) is 30.3 Å². The first kappa shape index (κ1) is 23.1. The van der Waals surface area contributed by atoms with E-state index in [1.54, 1.807) is 27.6 Å². The monoisotopic (exact) mass is 437 g/mol. The zero-order valence-corrected chi connectivity index (χ0v) is 18.9. The fourth-order valence-electron chi connectivity index (χ4n) is 3.30. The number of hydrogen-bond donors (Lipinski definition) is 2. The van der Waals surface area contributed by atoms with Crippen molar-refractivity contribution in [2.75, 3.05) is 34.4 Å². The summed E-state index contributed by atoms with van der Waals surface area (Å²) in [6.45, 7) is 1.93. The number of aliphatic imine (C=N–C) groups is 1. The topological polar surface area (TPSA) is 77.2 Å². The summed E-state index contributed by atoms with van der Waals surface area (Å²) in [5.41, 5.74) is 2.23. The third-order valence-electron chi connectivity index (χ3n) is 4.94. The van der Waals surface area contributed by atoms with Crippen molar-refractivity contribution in [3.63, 3.8) is 0 Å². The molecule has 0 saturated heterocycles. The van der Waals surface area contributed by atoms with Crippen molar-refractivity contribution in [1.82, 2.24) is 10.6 Å². The van der Waals surface area contributed by atoms with Crippen LogP contribution in [-0.2, 0) is 19.4 Å². The van der Waals surface area contributed by atoms with Crippen LogP contribution in [0.25, 0.3) is 0 Å². The molecule has 0 bridgehead atoms. The molecular formula is C25H31N3O4. The Morgan fingerprint density at radius 2 is 1.50 bits per heavy atom. The summed E-state index contributed by atoms with van der Waals surface area (Å²) in [5.74, 6) is 3.47. The predicted octanol–water partition coefficient (Wildman–Crippen LogP) is 3.83. The summed E-state index contributed by atoms with van der Waals surface area (Å²) in [6.07, 6.45) is 3.37. The van der Waals surface area contributed by atoms with E-state index < -0.39 is 0 Å². The Hall–Kier alpha value is -3.61. The number of guanidine groups is 1. The smallest absolute Gasteiger partial charge is 0.203 e. The minimum absolute atomic E-state index is 0.456. The molecule has 0 fully saturated rings. The first-order valence-corrected chi connectivity index (χ1v) is 10.6. The maximum absolute atomic E-state index is 5.45. The molecule has 7 nitrogen and oxygen atoms in total. The van der Waals surface area contributed by atoms with E-state index in [2.05, 4.69) is 34.9 Å². The maximum Gasteiger partial charge on any atom is 0.203 e. The Labute approximate surface area is 189 Å². The molecule has 0 radical (unpaired) electrons. The number of furan rings is 1. The largest absolute Gasteiger partial charge is 0.493 e. The summed E-state index contributed by atoms with van der Waals surface area (Å²) in [4.78, 5) is 4.76. The van der Waals surface area contributed by atoms with Gasteiger partial charge < -0.3 is 29.3 Å². The zero-order chi connectivity index (χ0) is 22.6. The molecule has 0 aliphatic rings. The molecule has 1 aromatic heterocycles. The van der Waals surface area contributed by atoms with Gasteiger partial charge in [0.15, 0.2) is 17.5 Å². The quantitative estimate of drug-likeness (QED) is 0.351. The summed E-state index contributed by atoms with van der Waals surface area (Å²) < 4.78 is 21.7. The van der Waals surface area contributed by atoms with Crippen molar-refractivity contribution in [2.24, 2.45) is 4.99 Å². The number of ether oxygens (including phenoxy) is 3. The maximum atomic E-state index is 5.45.